The first-order chi connectivity index (χ1) is 11.6. The molecule has 1 saturated heterocycles. The first kappa shape index (κ1) is 15.7. The quantitative estimate of drug-likeness (QED) is 0.864. The molecule has 2 aliphatic rings. The van der Waals surface area contributed by atoms with Crippen molar-refractivity contribution < 1.29 is 9.21 Å². The van der Waals surface area contributed by atoms with Gasteiger partial charge in [0.05, 0.1) is 0 Å². The van der Waals surface area contributed by atoms with Crippen molar-refractivity contribution in [3.05, 3.63) is 35.1 Å². The van der Waals surface area contributed by atoms with Gasteiger partial charge in [-0.2, -0.15) is 0 Å². The van der Waals surface area contributed by atoms with Crippen LogP contribution in [0.15, 0.2) is 22.6 Å². The van der Waals surface area contributed by atoms with Crippen molar-refractivity contribution >= 4 is 16.9 Å². The summed E-state index contributed by atoms with van der Waals surface area (Å²) in [6.07, 6.45) is 3.82. The number of aryl methyl sites for hydroxylation is 2. The third kappa shape index (κ3) is 3.07. The van der Waals surface area contributed by atoms with Crippen LogP contribution in [0.4, 0.5) is 0 Å². The molecule has 1 aliphatic heterocycles. The summed E-state index contributed by atoms with van der Waals surface area (Å²) in [4.78, 5) is 17.5. The monoisotopic (exact) mass is 326 g/mol. The summed E-state index contributed by atoms with van der Waals surface area (Å²) in [7, 11) is 0. The van der Waals surface area contributed by atoms with E-state index in [4.69, 9.17) is 4.42 Å². The Morgan fingerprint density at radius 3 is 2.79 bits per heavy atom. The summed E-state index contributed by atoms with van der Waals surface area (Å²) in [6.45, 7) is 9.01. The van der Waals surface area contributed by atoms with E-state index < -0.39 is 0 Å². The molecular weight excluding hydrogens is 300 g/mol. The summed E-state index contributed by atoms with van der Waals surface area (Å²) in [5.74, 6) is 1.48. The Morgan fingerprint density at radius 1 is 1.17 bits per heavy atom. The van der Waals surface area contributed by atoms with Crippen molar-refractivity contribution in [2.45, 2.75) is 33.1 Å². The summed E-state index contributed by atoms with van der Waals surface area (Å²) in [5.41, 5.74) is 2.97. The molecule has 2 fully saturated rings. The van der Waals surface area contributed by atoms with Crippen LogP contribution in [0.5, 0.6) is 0 Å². The van der Waals surface area contributed by atoms with Gasteiger partial charge in [-0.25, -0.2) is 0 Å². The molecule has 1 aromatic carbocycles. The topological polar surface area (TPSA) is 36.7 Å². The zero-order chi connectivity index (χ0) is 16.7. The van der Waals surface area contributed by atoms with Gasteiger partial charge in [0.25, 0.3) is 5.91 Å². The van der Waals surface area contributed by atoms with E-state index in [0.29, 0.717) is 5.76 Å². The van der Waals surface area contributed by atoms with Gasteiger partial charge >= 0.3 is 0 Å². The molecule has 1 aromatic heterocycles. The normalized spacial score (nSPS) is 19.7. The Kier molecular flexibility index (Phi) is 4.09. The van der Waals surface area contributed by atoms with E-state index in [2.05, 4.69) is 17.9 Å². The highest BCUT2D eigenvalue weighted by atomic mass is 16.3. The lowest BCUT2D eigenvalue weighted by Crippen LogP contribution is -2.35. The minimum Gasteiger partial charge on any atom is -0.451 e. The molecule has 0 bridgehead atoms. The summed E-state index contributed by atoms with van der Waals surface area (Å²) in [5, 5.41) is 1.06. The Bertz CT molecular complexity index is 760. The zero-order valence-electron chi connectivity index (χ0n) is 14.7. The molecular formula is C20H26N2O2. The number of carbonyl (C=O) groups excluding carboxylic acids is 1. The predicted octanol–water partition coefficient (Wildman–Crippen LogP) is 3.61. The minimum atomic E-state index is 0.0506. The first-order valence-electron chi connectivity index (χ1n) is 9.13. The number of benzene rings is 1. The van der Waals surface area contributed by atoms with Crippen molar-refractivity contribution in [2.75, 3.05) is 32.7 Å². The van der Waals surface area contributed by atoms with Gasteiger partial charge in [-0.1, -0.05) is 11.6 Å². The first-order valence-corrected chi connectivity index (χ1v) is 9.13. The molecule has 0 atom stereocenters. The predicted molar refractivity (Wildman–Crippen MR) is 95.4 cm³/mol. The van der Waals surface area contributed by atoms with Gasteiger partial charge in [0, 0.05) is 37.1 Å². The molecule has 4 heteroatoms. The average Bonchev–Trinajstić information content (AvgIpc) is 3.36. The van der Waals surface area contributed by atoms with Crippen LogP contribution in [0.3, 0.4) is 0 Å². The molecule has 0 spiro atoms. The van der Waals surface area contributed by atoms with E-state index >= 15 is 0 Å². The number of fused-ring (bicyclic) bond motifs is 1. The van der Waals surface area contributed by atoms with Crippen LogP contribution in [0.2, 0.25) is 0 Å². The molecule has 1 aliphatic carbocycles. The fraction of sp³-hybridized carbons (Fsp3) is 0.550. The van der Waals surface area contributed by atoms with E-state index in [1.807, 2.05) is 24.0 Å². The number of hydrogen-bond acceptors (Lipinski definition) is 3. The second-order valence-electron chi connectivity index (χ2n) is 7.45. The van der Waals surface area contributed by atoms with Crippen molar-refractivity contribution in [2.24, 2.45) is 5.92 Å². The molecule has 0 radical (unpaired) electrons. The average molecular weight is 326 g/mol. The van der Waals surface area contributed by atoms with E-state index in [-0.39, 0.29) is 5.91 Å². The second-order valence-corrected chi connectivity index (χ2v) is 7.45. The number of furan rings is 1. The largest absolute Gasteiger partial charge is 0.451 e. The number of amides is 1. The number of nitrogens with zero attached hydrogens (tertiary/aromatic N) is 2. The molecule has 4 rings (SSSR count). The lowest BCUT2D eigenvalue weighted by Gasteiger charge is -2.21. The lowest BCUT2D eigenvalue weighted by molar-refractivity contribution is 0.0730. The Morgan fingerprint density at radius 2 is 2.00 bits per heavy atom. The van der Waals surface area contributed by atoms with Crippen molar-refractivity contribution in [1.29, 1.82) is 0 Å². The highest BCUT2D eigenvalue weighted by molar-refractivity contribution is 5.99. The lowest BCUT2D eigenvalue weighted by atomic mass is 10.1. The standard InChI is InChI=1S/C20H26N2O2/c1-14-4-7-18-17(12-14)15(2)19(24-18)20(23)22-9-3-8-21(10-11-22)13-16-5-6-16/h4,7,12,16H,3,5-6,8-11,13H2,1-2H3. The van der Waals surface area contributed by atoms with E-state index in [9.17, 15) is 4.79 Å². The molecule has 1 amide bonds. The molecule has 1 saturated carbocycles. The Balaban J connectivity index is 1.51. The van der Waals surface area contributed by atoms with E-state index in [1.165, 1.54) is 24.9 Å². The van der Waals surface area contributed by atoms with Crippen LogP contribution in [-0.2, 0) is 0 Å². The third-order valence-corrected chi connectivity index (χ3v) is 5.37. The van der Waals surface area contributed by atoms with Gasteiger partial charge in [-0.15, -0.1) is 0 Å². The maximum atomic E-state index is 13.0. The third-order valence-electron chi connectivity index (χ3n) is 5.37. The molecule has 0 N–H and O–H groups in total. The van der Waals surface area contributed by atoms with Crippen LogP contribution in [0.1, 0.15) is 40.9 Å². The smallest absolute Gasteiger partial charge is 0.289 e. The molecule has 24 heavy (non-hydrogen) atoms. The fourth-order valence-electron chi connectivity index (χ4n) is 3.70. The van der Waals surface area contributed by atoms with Gasteiger partial charge in [0.15, 0.2) is 5.76 Å². The van der Waals surface area contributed by atoms with Crippen LogP contribution in [-0.4, -0.2) is 48.4 Å². The van der Waals surface area contributed by atoms with Crippen LogP contribution >= 0.6 is 0 Å². The summed E-state index contributed by atoms with van der Waals surface area (Å²) < 4.78 is 5.91. The van der Waals surface area contributed by atoms with E-state index in [0.717, 1.165) is 55.1 Å². The summed E-state index contributed by atoms with van der Waals surface area (Å²) >= 11 is 0. The Hall–Kier alpha value is -1.81. The molecule has 2 aromatic rings. The Labute approximate surface area is 143 Å². The minimum absolute atomic E-state index is 0.0506. The number of rotatable bonds is 3. The molecule has 128 valence electrons. The number of hydrogen-bond donors (Lipinski definition) is 0. The van der Waals surface area contributed by atoms with E-state index in [1.54, 1.807) is 0 Å². The maximum Gasteiger partial charge on any atom is 0.289 e. The van der Waals surface area contributed by atoms with Crippen molar-refractivity contribution in [3.63, 3.8) is 0 Å². The maximum absolute atomic E-state index is 13.0. The molecule has 2 heterocycles. The van der Waals surface area contributed by atoms with Crippen LogP contribution < -0.4 is 0 Å². The van der Waals surface area contributed by atoms with Crippen molar-refractivity contribution in [3.8, 4) is 0 Å². The SMILES string of the molecule is Cc1ccc2oc(C(=O)N3CCCN(CC4CC4)CC3)c(C)c2c1. The number of carbonyl (C=O) groups is 1. The highest BCUT2D eigenvalue weighted by Crippen LogP contribution is 2.30. The van der Waals surface area contributed by atoms with Gasteiger partial charge < -0.3 is 14.2 Å². The fourth-order valence-corrected chi connectivity index (χ4v) is 3.70. The highest BCUT2D eigenvalue weighted by Gasteiger charge is 2.28. The van der Waals surface area contributed by atoms with Gasteiger partial charge in [-0.05, 0) is 57.7 Å². The summed E-state index contributed by atoms with van der Waals surface area (Å²) in [6, 6.07) is 6.10. The molecule has 0 unspecified atom stereocenters. The van der Waals surface area contributed by atoms with Gasteiger partial charge in [-0.3, -0.25) is 4.79 Å². The van der Waals surface area contributed by atoms with Crippen molar-refractivity contribution in [1.82, 2.24) is 9.80 Å². The second kappa shape index (κ2) is 6.25. The van der Waals surface area contributed by atoms with Crippen LogP contribution in [0, 0.1) is 19.8 Å². The van der Waals surface area contributed by atoms with Gasteiger partial charge in [0.2, 0.25) is 0 Å². The van der Waals surface area contributed by atoms with Crippen LogP contribution in [0.25, 0.3) is 11.0 Å². The molecule has 4 nitrogen and oxygen atoms in total. The van der Waals surface area contributed by atoms with Gasteiger partial charge in [0.1, 0.15) is 5.58 Å². The zero-order valence-corrected chi connectivity index (χ0v) is 14.7.